The molecule has 0 aliphatic heterocycles. The van der Waals surface area contributed by atoms with E-state index in [9.17, 15) is 0 Å². The standard InChI is InChI=1S/C20H19NO3/c1-22-18-11-14-10-17(13-8-9-13)21-20(16(14)12-19(18)23-2)24-15-6-4-3-5-7-15/h3-7,10-13H,8-9H2,1-2H3. The number of methoxy groups -OCH3 is 2. The summed E-state index contributed by atoms with van der Waals surface area (Å²) in [4.78, 5) is 4.77. The summed E-state index contributed by atoms with van der Waals surface area (Å²) >= 11 is 0. The third kappa shape index (κ3) is 2.75. The van der Waals surface area contributed by atoms with E-state index in [2.05, 4.69) is 6.07 Å². The van der Waals surface area contributed by atoms with Crippen molar-refractivity contribution in [2.75, 3.05) is 14.2 Å². The number of ether oxygens (including phenoxy) is 3. The van der Waals surface area contributed by atoms with Crippen LogP contribution in [0, 0.1) is 0 Å². The van der Waals surface area contributed by atoms with Crippen LogP contribution >= 0.6 is 0 Å². The van der Waals surface area contributed by atoms with E-state index < -0.39 is 0 Å². The zero-order chi connectivity index (χ0) is 16.5. The van der Waals surface area contributed by atoms with Gasteiger partial charge in [-0.1, -0.05) is 18.2 Å². The SMILES string of the molecule is COc1cc2cc(C3CC3)nc(Oc3ccccc3)c2cc1OC. The van der Waals surface area contributed by atoms with Gasteiger partial charge in [0, 0.05) is 17.0 Å². The summed E-state index contributed by atoms with van der Waals surface area (Å²) in [5.74, 6) is 3.31. The minimum atomic E-state index is 0.542. The summed E-state index contributed by atoms with van der Waals surface area (Å²) in [6.45, 7) is 0. The summed E-state index contributed by atoms with van der Waals surface area (Å²) in [5, 5.41) is 1.97. The van der Waals surface area contributed by atoms with Crippen molar-refractivity contribution in [3.8, 4) is 23.1 Å². The number of rotatable bonds is 5. The fraction of sp³-hybridized carbons (Fsp3) is 0.250. The van der Waals surface area contributed by atoms with E-state index in [-0.39, 0.29) is 0 Å². The monoisotopic (exact) mass is 321 g/mol. The van der Waals surface area contributed by atoms with Crippen LogP contribution in [0.5, 0.6) is 23.1 Å². The molecule has 2 aromatic carbocycles. The van der Waals surface area contributed by atoms with Crippen LogP contribution in [-0.4, -0.2) is 19.2 Å². The van der Waals surface area contributed by atoms with Crippen LogP contribution in [0.3, 0.4) is 0 Å². The number of pyridine rings is 1. The van der Waals surface area contributed by atoms with Crippen LogP contribution in [0.4, 0.5) is 0 Å². The van der Waals surface area contributed by atoms with Crippen molar-refractivity contribution in [3.05, 3.63) is 54.2 Å². The van der Waals surface area contributed by atoms with E-state index in [1.54, 1.807) is 14.2 Å². The Labute approximate surface area is 141 Å². The first kappa shape index (κ1) is 14.8. The average molecular weight is 321 g/mol. The van der Waals surface area contributed by atoms with E-state index in [1.807, 2.05) is 42.5 Å². The topological polar surface area (TPSA) is 40.6 Å². The first-order valence-electron chi connectivity index (χ1n) is 8.08. The molecule has 1 fully saturated rings. The Morgan fingerprint density at radius 3 is 2.29 bits per heavy atom. The number of nitrogens with zero attached hydrogens (tertiary/aromatic N) is 1. The Balaban J connectivity index is 1.88. The fourth-order valence-corrected chi connectivity index (χ4v) is 2.83. The molecule has 3 aromatic rings. The quantitative estimate of drug-likeness (QED) is 0.668. The summed E-state index contributed by atoms with van der Waals surface area (Å²) in [5.41, 5.74) is 1.08. The van der Waals surface area contributed by atoms with Gasteiger partial charge in [-0.3, -0.25) is 0 Å². The molecule has 0 spiro atoms. The second-order valence-corrected chi connectivity index (χ2v) is 5.97. The molecule has 4 nitrogen and oxygen atoms in total. The molecule has 1 aliphatic rings. The molecule has 0 atom stereocenters. The van der Waals surface area contributed by atoms with Gasteiger partial charge in [0.1, 0.15) is 5.75 Å². The molecule has 1 aromatic heterocycles. The Bertz CT molecular complexity index is 873. The highest BCUT2D eigenvalue weighted by Gasteiger charge is 2.26. The highest BCUT2D eigenvalue weighted by molar-refractivity contribution is 5.90. The molecule has 0 N–H and O–H groups in total. The van der Waals surface area contributed by atoms with Crippen molar-refractivity contribution in [2.24, 2.45) is 0 Å². The van der Waals surface area contributed by atoms with E-state index >= 15 is 0 Å². The summed E-state index contributed by atoms with van der Waals surface area (Å²) in [6.07, 6.45) is 2.38. The van der Waals surface area contributed by atoms with Gasteiger partial charge >= 0.3 is 0 Å². The predicted octanol–water partition coefficient (Wildman–Crippen LogP) is 4.92. The highest BCUT2D eigenvalue weighted by atomic mass is 16.5. The average Bonchev–Trinajstić information content (AvgIpc) is 3.46. The van der Waals surface area contributed by atoms with E-state index in [1.165, 1.54) is 12.8 Å². The van der Waals surface area contributed by atoms with E-state index in [0.717, 1.165) is 22.2 Å². The van der Waals surface area contributed by atoms with Crippen LogP contribution in [0.25, 0.3) is 10.8 Å². The Kier molecular flexibility index (Phi) is 3.73. The molecule has 1 aliphatic carbocycles. The smallest absolute Gasteiger partial charge is 0.227 e. The molecular formula is C20H19NO3. The highest BCUT2D eigenvalue weighted by Crippen LogP contribution is 2.43. The third-order valence-corrected chi connectivity index (χ3v) is 4.27. The molecule has 0 saturated heterocycles. The van der Waals surface area contributed by atoms with Gasteiger partial charge in [-0.25, -0.2) is 4.98 Å². The van der Waals surface area contributed by atoms with Gasteiger partial charge in [0.25, 0.3) is 0 Å². The molecule has 24 heavy (non-hydrogen) atoms. The van der Waals surface area contributed by atoms with Crippen LogP contribution in [-0.2, 0) is 0 Å². The Morgan fingerprint density at radius 2 is 1.62 bits per heavy atom. The lowest BCUT2D eigenvalue weighted by molar-refractivity contribution is 0.355. The van der Waals surface area contributed by atoms with Gasteiger partial charge in [0.15, 0.2) is 11.5 Å². The van der Waals surface area contributed by atoms with Gasteiger partial charge < -0.3 is 14.2 Å². The molecule has 4 heteroatoms. The van der Waals surface area contributed by atoms with Gasteiger partial charge in [-0.15, -0.1) is 0 Å². The lowest BCUT2D eigenvalue weighted by Crippen LogP contribution is -1.96. The van der Waals surface area contributed by atoms with Crippen LogP contribution < -0.4 is 14.2 Å². The van der Waals surface area contributed by atoms with Crippen molar-refractivity contribution >= 4 is 10.8 Å². The van der Waals surface area contributed by atoms with Crippen molar-refractivity contribution in [3.63, 3.8) is 0 Å². The van der Waals surface area contributed by atoms with Gasteiger partial charge in [0.05, 0.1) is 14.2 Å². The minimum absolute atomic E-state index is 0.542. The maximum Gasteiger partial charge on any atom is 0.227 e. The van der Waals surface area contributed by atoms with Gasteiger partial charge in [0.2, 0.25) is 5.88 Å². The normalized spacial score (nSPS) is 13.8. The number of aromatic nitrogens is 1. The fourth-order valence-electron chi connectivity index (χ4n) is 2.83. The lowest BCUT2D eigenvalue weighted by atomic mass is 10.1. The summed E-state index contributed by atoms with van der Waals surface area (Å²) in [7, 11) is 3.28. The van der Waals surface area contributed by atoms with Gasteiger partial charge in [-0.05, 0) is 48.6 Å². The van der Waals surface area contributed by atoms with Crippen LogP contribution in [0.2, 0.25) is 0 Å². The maximum atomic E-state index is 6.08. The summed E-state index contributed by atoms with van der Waals surface area (Å²) < 4.78 is 16.9. The first-order chi connectivity index (χ1) is 11.8. The molecule has 0 amide bonds. The lowest BCUT2D eigenvalue weighted by Gasteiger charge is -2.13. The van der Waals surface area contributed by atoms with Crippen molar-refractivity contribution < 1.29 is 14.2 Å². The van der Waals surface area contributed by atoms with Crippen molar-refractivity contribution in [1.29, 1.82) is 0 Å². The predicted molar refractivity (Wildman–Crippen MR) is 93.3 cm³/mol. The summed E-state index contributed by atoms with van der Waals surface area (Å²) in [6, 6.07) is 15.8. The van der Waals surface area contributed by atoms with E-state index in [0.29, 0.717) is 23.3 Å². The number of para-hydroxylation sites is 1. The van der Waals surface area contributed by atoms with Gasteiger partial charge in [-0.2, -0.15) is 0 Å². The molecular weight excluding hydrogens is 302 g/mol. The van der Waals surface area contributed by atoms with Crippen LogP contribution in [0.15, 0.2) is 48.5 Å². The molecule has 0 bridgehead atoms. The molecule has 4 rings (SSSR count). The molecule has 122 valence electrons. The largest absolute Gasteiger partial charge is 0.493 e. The molecule has 1 heterocycles. The van der Waals surface area contributed by atoms with Crippen molar-refractivity contribution in [2.45, 2.75) is 18.8 Å². The maximum absolute atomic E-state index is 6.08. The zero-order valence-corrected chi connectivity index (χ0v) is 13.8. The molecule has 1 saturated carbocycles. The molecule has 0 radical (unpaired) electrons. The first-order valence-corrected chi connectivity index (χ1v) is 8.08. The molecule has 0 unspecified atom stereocenters. The Hall–Kier alpha value is -2.75. The van der Waals surface area contributed by atoms with Crippen molar-refractivity contribution in [1.82, 2.24) is 4.98 Å². The minimum Gasteiger partial charge on any atom is -0.493 e. The van der Waals surface area contributed by atoms with Crippen LogP contribution in [0.1, 0.15) is 24.5 Å². The Morgan fingerprint density at radius 1 is 0.917 bits per heavy atom. The number of benzene rings is 2. The zero-order valence-electron chi connectivity index (χ0n) is 13.8. The second-order valence-electron chi connectivity index (χ2n) is 5.97. The number of hydrogen-bond donors (Lipinski definition) is 0. The second kappa shape index (κ2) is 6.04. The number of fused-ring (bicyclic) bond motifs is 1. The number of hydrogen-bond acceptors (Lipinski definition) is 4. The third-order valence-electron chi connectivity index (χ3n) is 4.27. The van der Waals surface area contributed by atoms with E-state index in [4.69, 9.17) is 19.2 Å².